The summed E-state index contributed by atoms with van der Waals surface area (Å²) in [6, 6.07) is 15.5. The van der Waals surface area contributed by atoms with E-state index < -0.39 is 10.0 Å². The number of rotatable bonds is 7. The van der Waals surface area contributed by atoms with Gasteiger partial charge in [-0.1, -0.05) is 30.3 Å². The van der Waals surface area contributed by atoms with E-state index >= 15 is 0 Å². The number of benzene rings is 2. The van der Waals surface area contributed by atoms with Gasteiger partial charge in [0, 0.05) is 25.3 Å². The summed E-state index contributed by atoms with van der Waals surface area (Å²) >= 11 is 0. The van der Waals surface area contributed by atoms with Crippen LogP contribution in [0.3, 0.4) is 0 Å². The van der Waals surface area contributed by atoms with Crippen molar-refractivity contribution in [2.75, 3.05) is 13.2 Å². The summed E-state index contributed by atoms with van der Waals surface area (Å²) in [4.78, 5) is 12.3. The van der Waals surface area contributed by atoms with Crippen molar-refractivity contribution in [3.63, 3.8) is 0 Å². The molecule has 6 nitrogen and oxygen atoms in total. The van der Waals surface area contributed by atoms with Crippen LogP contribution in [0.15, 0.2) is 59.5 Å². The van der Waals surface area contributed by atoms with E-state index in [0.717, 1.165) is 18.4 Å². The Bertz CT molecular complexity index is 830. The molecule has 0 bridgehead atoms. The van der Waals surface area contributed by atoms with Crippen LogP contribution in [0.2, 0.25) is 0 Å². The monoisotopic (exact) mass is 374 g/mol. The second-order valence-electron chi connectivity index (χ2n) is 6.18. The third kappa shape index (κ3) is 4.91. The zero-order valence-corrected chi connectivity index (χ0v) is 15.2. The topological polar surface area (TPSA) is 84.5 Å². The maximum absolute atomic E-state index is 12.3. The normalized spacial score (nSPS) is 17.2. The lowest BCUT2D eigenvalue weighted by molar-refractivity contribution is 0.0951. The van der Waals surface area contributed by atoms with Gasteiger partial charge in [-0.05, 0) is 42.7 Å². The zero-order valence-electron chi connectivity index (χ0n) is 14.4. The van der Waals surface area contributed by atoms with E-state index in [1.54, 1.807) is 0 Å². The van der Waals surface area contributed by atoms with Crippen LogP contribution >= 0.6 is 0 Å². The quantitative estimate of drug-likeness (QED) is 0.777. The lowest BCUT2D eigenvalue weighted by Crippen LogP contribution is -2.31. The van der Waals surface area contributed by atoms with Crippen LogP contribution in [0.5, 0.6) is 0 Å². The van der Waals surface area contributed by atoms with Gasteiger partial charge in [0.2, 0.25) is 10.0 Å². The summed E-state index contributed by atoms with van der Waals surface area (Å²) < 4.78 is 32.6. The Kier molecular flexibility index (Phi) is 6.03. The molecule has 2 aromatic carbocycles. The van der Waals surface area contributed by atoms with Crippen molar-refractivity contribution in [2.24, 2.45) is 0 Å². The largest absolute Gasteiger partial charge is 0.377 e. The molecule has 0 aromatic heterocycles. The lowest BCUT2D eigenvalue weighted by atomic mass is 10.2. The van der Waals surface area contributed by atoms with Crippen molar-refractivity contribution in [3.05, 3.63) is 65.7 Å². The van der Waals surface area contributed by atoms with Crippen molar-refractivity contribution in [1.29, 1.82) is 0 Å². The van der Waals surface area contributed by atoms with Gasteiger partial charge in [0.05, 0.1) is 11.0 Å². The van der Waals surface area contributed by atoms with Gasteiger partial charge in [0.25, 0.3) is 5.91 Å². The molecule has 1 aliphatic heterocycles. The van der Waals surface area contributed by atoms with Gasteiger partial charge < -0.3 is 10.1 Å². The highest BCUT2D eigenvalue weighted by Gasteiger charge is 2.20. The molecule has 1 atom stereocenters. The maximum Gasteiger partial charge on any atom is 0.251 e. The van der Waals surface area contributed by atoms with Gasteiger partial charge in [-0.25, -0.2) is 13.1 Å². The molecule has 0 spiro atoms. The molecule has 3 rings (SSSR count). The standard InChI is InChI=1S/C19H22N2O4S/c22-19(20-13-15-5-2-1-3-6-15)16-8-10-18(11-9-16)26(23,24)21-14-17-7-4-12-25-17/h1-3,5-6,8-11,17,21H,4,7,12-14H2,(H,20,22)/t17-/m1/s1. The number of nitrogens with one attached hydrogen (secondary N) is 2. The van der Waals surface area contributed by atoms with E-state index in [1.807, 2.05) is 30.3 Å². The van der Waals surface area contributed by atoms with Crippen LogP contribution in [0, 0.1) is 0 Å². The molecule has 2 N–H and O–H groups in total. The molecule has 1 amide bonds. The van der Waals surface area contributed by atoms with Gasteiger partial charge in [-0.2, -0.15) is 0 Å². The first-order valence-corrected chi connectivity index (χ1v) is 10.1. The molecule has 0 aliphatic carbocycles. The molecule has 2 aromatic rings. The van der Waals surface area contributed by atoms with E-state index in [-0.39, 0.29) is 23.5 Å². The van der Waals surface area contributed by atoms with Gasteiger partial charge >= 0.3 is 0 Å². The minimum atomic E-state index is -3.61. The van der Waals surface area contributed by atoms with Crippen LogP contribution in [0.4, 0.5) is 0 Å². The minimum absolute atomic E-state index is 0.0622. The predicted molar refractivity (Wildman–Crippen MR) is 98.2 cm³/mol. The molecule has 1 heterocycles. The van der Waals surface area contributed by atoms with Gasteiger partial charge in [-0.3, -0.25) is 4.79 Å². The Morgan fingerprint density at radius 2 is 1.81 bits per heavy atom. The molecule has 26 heavy (non-hydrogen) atoms. The molecule has 1 aliphatic rings. The smallest absolute Gasteiger partial charge is 0.251 e. The number of carbonyl (C=O) groups excluding carboxylic acids is 1. The molecule has 138 valence electrons. The number of hydrogen-bond acceptors (Lipinski definition) is 4. The molecule has 0 unspecified atom stereocenters. The summed E-state index contributed by atoms with van der Waals surface area (Å²) in [5.41, 5.74) is 1.41. The van der Waals surface area contributed by atoms with Crippen molar-refractivity contribution in [1.82, 2.24) is 10.0 Å². The average Bonchev–Trinajstić information content (AvgIpc) is 3.19. The number of carbonyl (C=O) groups is 1. The Morgan fingerprint density at radius 3 is 2.46 bits per heavy atom. The zero-order chi connectivity index (χ0) is 18.4. The van der Waals surface area contributed by atoms with Crippen molar-refractivity contribution in [2.45, 2.75) is 30.4 Å². The molecule has 7 heteroatoms. The van der Waals surface area contributed by atoms with Crippen LogP contribution in [0.1, 0.15) is 28.8 Å². The Hall–Kier alpha value is -2.22. The molecular weight excluding hydrogens is 352 g/mol. The second kappa shape index (κ2) is 8.44. The Morgan fingerprint density at radius 1 is 1.08 bits per heavy atom. The van der Waals surface area contributed by atoms with Crippen LogP contribution in [0.25, 0.3) is 0 Å². The maximum atomic E-state index is 12.3. The first-order valence-electron chi connectivity index (χ1n) is 8.58. The highest BCUT2D eigenvalue weighted by atomic mass is 32.2. The fourth-order valence-electron chi connectivity index (χ4n) is 2.76. The Labute approximate surface area is 153 Å². The van der Waals surface area contributed by atoms with E-state index in [2.05, 4.69) is 10.0 Å². The molecular formula is C19H22N2O4S. The first-order chi connectivity index (χ1) is 12.5. The van der Waals surface area contributed by atoms with Gasteiger partial charge in [0.15, 0.2) is 0 Å². The summed E-state index contributed by atoms with van der Waals surface area (Å²) in [5.74, 6) is -0.245. The number of hydrogen-bond donors (Lipinski definition) is 2. The lowest BCUT2D eigenvalue weighted by Gasteiger charge is -2.12. The second-order valence-corrected chi connectivity index (χ2v) is 7.95. The summed E-state index contributed by atoms with van der Waals surface area (Å²) in [6.45, 7) is 1.36. The van der Waals surface area contributed by atoms with E-state index in [4.69, 9.17) is 4.74 Å². The minimum Gasteiger partial charge on any atom is -0.377 e. The molecule has 1 saturated heterocycles. The highest BCUT2D eigenvalue weighted by molar-refractivity contribution is 7.89. The van der Waals surface area contributed by atoms with E-state index in [1.165, 1.54) is 24.3 Å². The summed E-state index contributed by atoms with van der Waals surface area (Å²) in [6.07, 6.45) is 1.76. The average molecular weight is 374 g/mol. The van der Waals surface area contributed by atoms with Crippen molar-refractivity contribution >= 4 is 15.9 Å². The van der Waals surface area contributed by atoms with Crippen LogP contribution in [-0.4, -0.2) is 33.6 Å². The van der Waals surface area contributed by atoms with Gasteiger partial charge in [0.1, 0.15) is 0 Å². The van der Waals surface area contributed by atoms with E-state index in [9.17, 15) is 13.2 Å². The number of sulfonamides is 1. The predicted octanol–water partition coefficient (Wildman–Crippen LogP) is 2.07. The van der Waals surface area contributed by atoms with Crippen molar-refractivity contribution in [3.8, 4) is 0 Å². The first kappa shape index (κ1) is 18.6. The van der Waals surface area contributed by atoms with Crippen molar-refractivity contribution < 1.29 is 17.9 Å². The third-order valence-corrected chi connectivity index (χ3v) is 5.69. The Balaban J connectivity index is 1.57. The third-order valence-electron chi connectivity index (χ3n) is 4.25. The van der Waals surface area contributed by atoms with Crippen LogP contribution < -0.4 is 10.0 Å². The summed E-state index contributed by atoms with van der Waals surface area (Å²) in [5, 5.41) is 2.82. The molecule has 0 radical (unpaired) electrons. The van der Waals surface area contributed by atoms with Gasteiger partial charge in [-0.15, -0.1) is 0 Å². The van der Waals surface area contributed by atoms with Crippen LogP contribution in [-0.2, 0) is 21.3 Å². The fourth-order valence-corrected chi connectivity index (χ4v) is 3.82. The fraction of sp³-hybridized carbons (Fsp3) is 0.316. The number of ether oxygens (including phenoxy) is 1. The number of amides is 1. The summed E-state index contributed by atoms with van der Waals surface area (Å²) in [7, 11) is -3.61. The molecule has 0 saturated carbocycles. The SMILES string of the molecule is O=C(NCc1ccccc1)c1ccc(S(=O)(=O)NC[C@H]2CCCO2)cc1. The molecule has 1 fully saturated rings. The highest BCUT2D eigenvalue weighted by Crippen LogP contribution is 2.14. The van der Waals surface area contributed by atoms with E-state index in [0.29, 0.717) is 18.7 Å².